The summed E-state index contributed by atoms with van der Waals surface area (Å²) in [5.74, 6) is 0.860. The van der Waals surface area contributed by atoms with Crippen LogP contribution in [-0.4, -0.2) is 20.7 Å². The number of benzene rings is 1. The molecule has 0 unspecified atom stereocenters. The summed E-state index contributed by atoms with van der Waals surface area (Å²) in [5.41, 5.74) is 0.932. The second-order valence-electron chi connectivity index (χ2n) is 4.42. The van der Waals surface area contributed by atoms with Crippen molar-refractivity contribution in [3.05, 3.63) is 24.3 Å². The largest absolute Gasteiger partial charge is 0.495 e. The Morgan fingerprint density at radius 1 is 1.44 bits per heavy atom. The van der Waals surface area contributed by atoms with Crippen LogP contribution < -0.4 is 9.64 Å². The first kappa shape index (κ1) is 10.8. The van der Waals surface area contributed by atoms with Crippen LogP contribution in [0.5, 0.6) is 5.75 Å². The number of methoxy groups -OCH3 is 1. The third-order valence-electron chi connectivity index (χ3n) is 3.13. The lowest BCUT2D eigenvalue weighted by atomic mass is 10.1. The van der Waals surface area contributed by atoms with Crippen LogP contribution in [0.1, 0.15) is 12.8 Å². The van der Waals surface area contributed by atoms with Gasteiger partial charge in [0.15, 0.2) is 0 Å². The van der Waals surface area contributed by atoms with Crippen molar-refractivity contribution in [2.45, 2.75) is 12.8 Å². The van der Waals surface area contributed by atoms with E-state index in [1.165, 1.54) is 0 Å². The smallest absolute Gasteiger partial charge is 0.142 e. The Kier molecular flexibility index (Phi) is 2.74. The minimum atomic E-state index is -0.115. The van der Waals surface area contributed by atoms with Gasteiger partial charge in [0, 0.05) is 13.6 Å². The summed E-state index contributed by atoms with van der Waals surface area (Å²) in [6, 6.07) is 10.3. The van der Waals surface area contributed by atoms with Gasteiger partial charge in [-0.25, -0.2) is 0 Å². The van der Waals surface area contributed by atoms with Crippen LogP contribution >= 0.6 is 0 Å². The summed E-state index contributed by atoms with van der Waals surface area (Å²) >= 11 is 0. The molecule has 1 aromatic rings. The fourth-order valence-corrected chi connectivity index (χ4v) is 1.94. The zero-order valence-corrected chi connectivity index (χ0v) is 9.73. The molecule has 0 N–H and O–H groups in total. The molecule has 1 aliphatic rings. The summed E-state index contributed by atoms with van der Waals surface area (Å²) < 4.78 is 5.31. The van der Waals surface area contributed by atoms with Crippen LogP contribution in [0.2, 0.25) is 0 Å². The van der Waals surface area contributed by atoms with Gasteiger partial charge in [0.2, 0.25) is 0 Å². The number of rotatable bonds is 4. The molecule has 1 aromatic carbocycles. The van der Waals surface area contributed by atoms with Crippen molar-refractivity contribution in [2.24, 2.45) is 5.41 Å². The van der Waals surface area contributed by atoms with Gasteiger partial charge < -0.3 is 9.64 Å². The van der Waals surface area contributed by atoms with Crippen molar-refractivity contribution in [1.82, 2.24) is 0 Å². The van der Waals surface area contributed by atoms with Gasteiger partial charge in [-0.2, -0.15) is 5.26 Å². The minimum Gasteiger partial charge on any atom is -0.495 e. The standard InChI is InChI=1S/C13H16N2O/c1-15(10-13(9-14)7-8-13)11-5-3-4-6-12(11)16-2/h3-6H,7-8,10H2,1-2H3. The lowest BCUT2D eigenvalue weighted by molar-refractivity contribution is 0.414. The van der Waals surface area contributed by atoms with E-state index in [-0.39, 0.29) is 5.41 Å². The van der Waals surface area contributed by atoms with Gasteiger partial charge in [0.05, 0.1) is 24.3 Å². The molecule has 2 rings (SSSR count). The van der Waals surface area contributed by atoms with Gasteiger partial charge >= 0.3 is 0 Å². The number of para-hydroxylation sites is 2. The van der Waals surface area contributed by atoms with E-state index in [9.17, 15) is 0 Å². The Morgan fingerprint density at radius 2 is 2.12 bits per heavy atom. The van der Waals surface area contributed by atoms with Crippen molar-refractivity contribution in [3.8, 4) is 11.8 Å². The van der Waals surface area contributed by atoms with E-state index in [1.807, 2.05) is 31.3 Å². The molecule has 1 aliphatic carbocycles. The predicted octanol–water partition coefficient (Wildman–Crippen LogP) is 2.44. The molecule has 1 saturated carbocycles. The molecule has 0 bridgehead atoms. The molecule has 0 saturated heterocycles. The van der Waals surface area contributed by atoms with Crippen LogP contribution in [0.4, 0.5) is 5.69 Å². The molecule has 16 heavy (non-hydrogen) atoms. The fourth-order valence-electron chi connectivity index (χ4n) is 1.94. The molecular weight excluding hydrogens is 200 g/mol. The Hall–Kier alpha value is -1.69. The third kappa shape index (κ3) is 1.96. The summed E-state index contributed by atoms with van der Waals surface area (Å²) in [4.78, 5) is 2.11. The minimum absolute atomic E-state index is 0.115. The Balaban J connectivity index is 2.15. The summed E-state index contributed by atoms with van der Waals surface area (Å²) in [6.07, 6.45) is 2.03. The van der Waals surface area contributed by atoms with E-state index in [4.69, 9.17) is 10.00 Å². The fraction of sp³-hybridized carbons (Fsp3) is 0.462. The topological polar surface area (TPSA) is 36.3 Å². The first-order chi connectivity index (χ1) is 7.71. The quantitative estimate of drug-likeness (QED) is 0.775. The van der Waals surface area contributed by atoms with E-state index in [2.05, 4.69) is 11.0 Å². The molecule has 0 atom stereocenters. The number of nitrogens with zero attached hydrogens (tertiary/aromatic N) is 2. The van der Waals surface area contributed by atoms with E-state index in [0.717, 1.165) is 30.8 Å². The highest BCUT2D eigenvalue weighted by atomic mass is 16.5. The molecule has 3 nitrogen and oxygen atoms in total. The number of anilines is 1. The van der Waals surface area contributed by atoms with E-state index in [0.29, 0.717) is 0 Å². The number of hydrogen-bond donors (Lipinski definition) is 0. The van der Waals surface area contributed by atoms with Crippen LogP contribution in [0.3, 0.4) is 0 Å². The van der Waals surface area contributed by atoms with Gasteiger partial charge in [0.25, 0.3) is 0 Å². The number of nitriles is 1. The zero-order valence-electron chi connectivity index (χ0n) is 9.73. The number of hydrogen-bond acceptors (Lipinski definition) is 3. The predicted molar refractivity (Wildman–Crippen MR) is 63.5 cm³/mol. The van der Waals surface area contributed by atoms with E-state index in [1.54, 1.807) is 7.11 Å². The Morgan fingerprint density at radius 3 is 2.69 bits per heavy atom. The molecular formula is C13H16N2O. The van der Waals surface area contributed by atoms with Crippen LogP contribution in [0, 0.1) is 16.7 Å². The second-order valence-corrected chi connectivity index (χ2v) is 4.42. The maximum Gasteiger partial charge on any atom is 0.142 e. The summed E-state index contributed by atoms with van der Waals surface area (Å²) in [5, 5.41) is 9.07. The maximum atomic E-state index is 9.07. The summed E-state index contributed by atoms with van der Waals surface area (Å²) in [6.45, 7) is 0.782. The number of ether oxygens (including phenoxy) is 1. The highest BCUT2D eigenvalue weighted by molar-refractivity contribution is 5.58. The molecule has 0 radical (unpaired) electrons. The first-order valence-electron chi connectivity index (χ1n) is 5.46. The third-order valence-corrected chi connectivity index (χ3v) is 3.13. The van der Waals surface area contributed by atoms with Crippen molar-refractivity contribution in [3.63, 3.8) is 0 Å². The van der Waals surface area contributed by atoms with Crippen molar-refractivity contribution in [2.75, 3.05) is 25.6 Å². The van der Waals surface area contributed by atoms with Crippen molar-refractivity contribution < 1.29 is 4.74 Å². The molecule has 0 amide bonds. The van der Waals surface area contributed by atoms with Crippen molar-refractivity contribution >= 4 is 5.69 Å². The van der Waals surface area contributed by atoms with Crippen molar-refractivity contribution in [1.29, 1.82) is 5.26 Å². The molecule has 1 fully saturated rings. The second kappa shape index (κ2) is 4.05. The van der Waals surface area contributed by atoms with Gasteiger partial charge in [-0.3, -0.25) is 0 Å². The summed E-state index contributed by atoms with van der Waals surface area (Å²) in [7, 11) is 3.68. The normalized spacial score (nSPS) is 16.3. The maximum absolute atomic E-state index is 9.07. The molecule has 0 spiro atoms. The van der Waals surface area contributed by atoms with Crippen LogP contribution in [0.25, 0.3) is 0 Å². The van der Waals surface area contributed by atoms with E-state index >= 15 is 0 Å². The van der Waals surface area contributed by atoms with Gasteiger partial charge in [-0.1, -0.05) is 12.1 Å². The lowest BCUT2D eigenvalue weighted by Crippen LogP contribution is -2.25. The average Bonchev–Trinajstić information content (AvgIpc) is 3.09. The Labute approximate surface area is 96.2 Å². The molecule has 0 heterocycles. The lowest BCUT2D eigenvalue weighted by Gasteiger charge is -2.23. The molecule has 0 aromatic heterocycles. The van der Waals surface area contributed by atoms with Gasteiger partial charge in [-0.05, 0) is 25.0 Å². The Bertz CT molecular complexity index is 418. The van der Waals surface area contributed by atoms with Crippen LogP contribution in [-0.2, 0) is 0 Å². The average molecular weight is 216 g/mol. The SMILES string of the molecule is COc1ccccc1N(C)CC1(C#N)CC1. The zero-order chi connectivity index (χ0) is 11.6. The van der Waals surface area contributed by atoms with Crippen LogP contribution in [0.15, 0.2) is 24.3 Å². The highest BCUT2D eigenvalue weighted by Crippen LogP contribution is 2.46. The first-order valence-corrected chi connectivity index (χ1v) is 5.46. The molecule has 84 valence electrons. The van der Waals surface area contributed by atoms with E-state index < -0.39 is 0 Å². The van der Waals surface area contributed by atoms with Gasteiger partial charge in [-0.15, -0.1) is 0 Å². The highest BCUT2D eigenvalue weighted by Gasteiger charge is 2.44. The monoisotopic (exact) mass is 216 g/mol. The van der Waals surface area contributed by atoms with Gasteiger partial charge in [0.1, 0.15) is 5.75 Å². The molecule has 0 aliphatic heterocycles. The molecule has 3 heteroatoms.